The summed E-state index contributed by atoms with van der Waals surface area (Å²) in [5, 5.41) is 3.28. The Balaban J connectivity index is 3.21. The summed E-state index contributed by atoms with van der Waals surface area (Å²) in [7, 11) is 0.976. The van der Waals surface area contributed by atoms with E-state index in [4.69, 9.17) is 21.1 Å². The Bertz CT molecular complexity index is 549. The van der Waals surface area contributed by atoms with Gasteiger partial charge in [0.15, 0.2) is 0 Å². The Kier molecular flexibility index (Phi) is 6.70. The van der Waals surface area contributed by atoms with E-state index in [-0.39, 0.29) is 23.8 Å². The number of nitrogens with one attached hydrogen (secondary N) is 2. The van der Waals surface area contributed by atoms with Crippen molar-refractivity contribution in [2.24, 2.45) is 0 Å². The van der Waals surface area contributed by atoms with Crippen molar-refractivity contribution in [1.82, 2.24) is 10.0 Å². The Labute approximate surface area is 124 Å². The smallest absolute Gasteiger partial charge is 0.244 e. The number of hydrogen-bond acceptors (Lipinski definition) is 5. The van der Waals surface area contributed by atoms with Gasteiger partial charge >= 0.3 is 0 Å². The van der Waals surface area contributed by atoms with Crippen LogP contribution in [0.5, 0.6) is 5.75 Å². The summed E-state index contributed by atoms with van der Waals surface area (Å²) < 4.78 is 37.0. The standard InChI is InChI=1S/C12H19ClN2O4S/c1-14-8-9-6-10(13)7-11(12(9)19-3)20(16,17)15-4-5-18-2/h6-7,14-15H,4-5,8H2,1-3H3. The minimum absolute atomic E-state index is 0.0221. The van der Waals surface area contributed by atoms with Gasteiger partial charge in [-0.05, 0) is 19.2 Å². The molecule has 0 bridgehead atoms. The number of benzene rings is 1. The first-order chi connectivity index (χ1) is 9.46. The lowest BCUT2D eigenvalue weighted by Gasteiger charge is -2.15. The number of methoxy groups -OCH3 is 2. The number of halogens is 1. The highest BCUT2D eigenvalue weighted by molar-refractivity contribution is 7.89. The Morgan fingerprint density at radius 1 is 1.30 bits per heavy atom. The number of hydrogen-bond donors (Lipinski definition) is 2. The molecule has 8 heteroatoms. The molecule has 0 unspecified atom stereocenters. The molecule has 0 spiro atoms. The molecule has 0 fully saturated rings. The summed E-state index contributed by atoms with van der Waals surface area (Å²) in [5.41, 5.74) is 0.676. The van der Waals surface area contributed by atoms with Gasteiger partial charge in [-0.15, -0.1) is 0 Å². The molecule has 0 atom stereocenters. The van der Waals surface area contributed by atoms with Crippen LogP contribution in [0.3, 0.4) is 0 Å². The Morgan fingerprint density at radius 3 is 2.55 bits per heavy atom. The number of sulfonamides is 1. The van der Waals surface area contributed by atoms with E-state index >= 15 is 0 Å². The van der Waals surface area contributed by atoms with Crippen LogP contribution in [0.25, 0.3) is 0 Å². The molecule has 0 aliphatic carbocycles. The van der Waals surface area contributed by atoms with Crippen molar-refractivity contribution in [3.05, 3.63) is 22.7 Å². The zero-order valence-electron chi connectivity index (χ0n) is 11.7. The van der Waals surface area contributed by atoms with E-state index in [9.17, 15) is 8.42 Å². The summed E-state index contributed by atoms with van der Waals surface area (Å²) in [6, 6.07) is 3.04. The molecule has 6 nitrogen and oxygen atoms in total. The molecule has 0 saturated heterocycles. The van der Waals surface area contributed by atoms with Gasteiger partial charge in [0.1, 0.15) is 10.6 Å². The highest BCUT2D eigenvalue weighted by atomic mass is 35.5. The van der Waals surface area contributed by atoms with Crippen LogP contribution >= 0.6 is 11.6 Å². The van der Waals surface area contributed by atoms with E-state index in [1.807, 2.05) is 0 Å². The normalized spacial score (nSPS) is 11.6. The van der Waals surface area contributed by atoms with Crippen LogP contribution in [0.2, 0.25) is 5.02 Å². The van der Waals surface area contributed by atoms with Gasteiger partial charge in [0.05, 0.1) is 13.7 Å². The fraction of sp³-hybridized carbons (Fsp3) is 0.500. The summed E-state index contributed by atoms with van der Waals surface area (Å²) >= 11 is 5.98. The largest absolute Gasteiger partial charge is 0.495 e. The molecule has 1 rings (SSSR count). The topological polar surface area (TPSA) is 76.7 Å². The van der Waals surface area contributed by atoms with Crippen molar-refractivity contribution in [1.29, 1.82) is 0 Å². The number of ether oxygens (including phenoxy) is 2. The van der Waals surface area contributed by atoms with Crippen LogP contribution in [0.15, 0.2) is 17.0 Å². The molecule has 2 N–H and O–H groups in total. The Hall–Kier alpha value is -0.860. The summed E-state index contributed by atoms with van der Waals surface area (Å²) in [6.07, 6.45) is 0. The van der Waals surface area contributed by atoms with Crippen LogP contribution in [0.1, 0.15) is 5.56 Å². The van der Waals surface area contributed by atoms with Gasteiger partial charge in [-0.25, -0.2) is 13.1 Å². The van der Waals surface area contributed by atoms with Crippen LogP contribution in [-0.4, -0.2) is 42.8 Å². The first-order valence-corrected chi connectivity index (χ1v) is 7.82. The quantitative estimate of drug-likeness (QED) is 0.698. The Morgan fingerprint density at radius 2 is 2.00 bits per heavy atom. The fourth-order valence-electron chi connectivity index (χ4n) is 1.73. The second kappa shape index (κ2) is 7.80. The SMILES string of the molecule is CNCc1cc(Cl)cc(S(=O)(=O)NCCOC)c1OC. The van der Waals surface area contributed by atoms with Crippen LogP contribution < -0.4 is 14.8 Å². The molecular weight excluding hydrogens is 304 g/mol. The molecule has 1 aromatic carbocycles. The van der Waals surface area contributed by atoms with Gasteiger partial charge in [-0.2, -0.15) is 0 Å². The summed E-state index contributed by atoms with van der Waals surface area (Å²) in [4.78, 5) is 0.0221. The van der Waals surface area contributed by atoms with Gasteiger partial charge in [-0.3, -0.25) is 0 Å². The molecule has 0 aliphatic rings. The minimum Gasteiger partial charge on any atom is -0.495 e. The number of rotatable bonds is 8. The van der Waals surface area contributed by atoms with Crippen molar-refractivity contribution >= 4 is 21.6 Å². The van der Waals surface area contributed by atoms with Gasteiger partial charge in [0.2, 0.25) is 10.0 Å². The third-order valence-electron chi connectivity index (χ3n) is 2.56. The molecule has 0 aliphatic heterocycles. The van der Waals surface area contributed by atoms with Gasteiger partial charge in [-0.1, -0.05) is 11.6 Å². The molecule has 1 aromatic rings. The lowest BCUT2D eigenvalue weighted by atomic mass is 10.2. The maximum Gasteiger partial charge on any atom is 0.244 e. The maximum absolute atomic E-state index is 12.3. The fourth-order valence-corrected chi connectivity index (χ4v) is 3.29. The van der Waals surface area contributed by atoms with Crippen molar-refractivity contribution in [2.45, 2.75) is 11.4 Å². The molecule has 0 radical (unpaired) electrons. The maximum atomic E-state index is 12.3. The minimum atomic E-state index is -3.71. The van der Waals surface area contributed by atoms with Crippen LogP contribution in [0, 0.1) is 0 Å². The zero-order chi connectivity index (χ0) is 15.2. The highest BCUT2D eigenvalue weighted by Crippen LogP contribution is 2.31. The third kappa shape index (κ3) is 4.32. The lowest BCUT2D eigenvalue weighted by Crippen LogP contribution is -2.28. The zero-order valence-corrected chi connectivity index (χ0v) is 13.3. The molecule has 114 valence electrons. The molecule has 0 aromatic heterocycles. The van der Waals surface area contributed by atoms with Gasteiger partial charge in [0, 0.05) is 30.8 Å². The van der Waals surface area contributed by atoms with Crippen LogP contribution in [-0.2, 0) is 21.3 Å². The molecular formula is C12H19ClN2O4S. The first-order valence-electron chi connectivity index (χ1n) is 5.96. The molecule has 0 saturated carbocycles. The van der Waals surface area contributed by atoms with Crippen molar-refractivity contribution in [2.75, 3.05) is 34.4 Å². The average Bonchev–Trinajstić information content (AvgIpc) is 2.38. The third-order valence-corrected chi connectivity index (χ3v) is 4.24. The van der Waals surface area contributed by atoms with E-state index in [1.54, 1.807) is 13.1 Å². The van der Waals surface area contributed by atoms with E-state index in [2.05, 4.69) is 10.0 Å². The molecule has 0 amide bonds. The molecule has 20 heavy (non-hydrogen) atoms. The van der Waals surface area contributed by atoms with E-state index in [0.717, 1.165) is 0 Å². The van der Waals surface area contributed by atoms with Gasteiger partial charge < -0.3 is 14.8 Å². The highest BCUT2D eigenvalue weighted by Gasteiger charge is 2.22. The first kappa shape index (κ1) is 17.2. The summed E-state index contributed by atoms with van der Waals surface area (Å²) in [5.74, 6) is 0.286. The van der Waals surface area contributed by atoms with E-state index in [1.165, 1.54) is 20.3 Å². The van der Waals surface area contributed by atoms with Crippen molar-refractivity contribution in [3.8, 4) is 5.75 Å². The van der Waals surface area contributed by atoms with E-state index in [0.29, 0.717) is 17.1 Å². The predicted octanol–water partition coefficient (Wildman–Crippen LogP) is 0.993. The van der Waals surface area contributed by atoms with Gasteiger partial charge in [0.25, 0.3) is 0 Å². The van der Waals surface area contributed by atoms with Crippen molar-refractivity contribution in [3.63, 3.8) is 0 Å². The average molecular weight is 323 g/mol. The lowest BCUT2D eigenvalue weighted by molar-refractivity contribution is 0.204. The monoisotopic (exact) mass is 322 g/mol. The second-order valence-corrected chi connectivity index (χ2v) is 6.19. The predicted molar refractivity (Wildman–Crippen MR) is 77.8 cm³/mol. The second-order valence-electron chi connectivity index (χ2n) is 4.02. The summed E-state index contributed by atoms with van der Waals surface area (Å²) in [6.45, 7) is 0.908. The van der Waals surface area contributed by atoms with Crippen molar-refractivity contribution < 1.29 is 17.9 Å². The van der Waals surface area contributed by atoms with Crippen LogP contribution in [0.4, 0.5) is 0 Å². The molecule has 0 heterocycles. The van der Waals surface area contributed by atoms with E-state index < -0.39 is 10.0 Å².